The van der Waals surface area contributed by atoms with Crippen molar-refractivity contribution in [3.05, 3.63) is 54.0 Å². The normalized spacial score (nSPS) is 12.0. The molecule has 2 aromatic heterocycles. The molecule has 0 atom stereocenters. The van der Waals surface area contributed by atoms with Crippen molar-refractivity contribution < 1.29 is 5.11 Å². The van der Waals surface area contributed by atoms with Crippen LogP contribution in [0.5, 0.6) is 0 Å². The second kappa shape index (κ2) is 4.46. The molecule has 1 aromatic carbocycles. The number of nitrogens with zero attached hydrogens (tertiary/aromatic N) is 1. The molecule has 3 aromatic rings. The largest absolute Gasteiger partial charge is 0.386 e. The minimum atomic E-state index is -0.884. The molecule has 0 saturated carbocycles. The average molecular weight is 266 g/mol. The van der Waals surface area contributed by atoms with Gasteiger partial charge in [-0.2, -0.15) is 0 Å². The second-order valence-electron chi connectivity index (χ2n) is 5.77. The molecule has 0 amide bonds. The van der Waals surface area contributed by atoms with Gasteiger partial charge < -0.3 is 10.1 Å². The molecule has 0 spiro atoms. The third kappa shape index (κ3) is 2.21. The first-order valence-electron chi connectivity index (χ1n) is 6.71. The maximum atomic E-state index is 10.1. The number of hydrogen-bond acceptors (Lipinski definition) is 2. The molecule has 0 aliphatic rings. The Hall–Kier alpha value is -2.13. The molecule has 0 aliphatic carbocycles. The standard InChI is InChI=1S/C17H18N2O/c1-11-4-5-16-14(6-11)15(10-19-16)12-7-13(9-18-8-12)17(2,3)20/h4-10,19-20H,1-3H3. The van der Waals surface area contributed by atoms with E-state index in [1.54, 1.807) is 20.0 Å². The molecule has 0 fully saturated rings. The first kappa shape index (κ1) is 12.9. The molecule has 0 bridgehead atoms. The lowest BCUT2D eigenvalue weighted by atomic mass is 9.96. The first-order valence-corrected chi connectivity index (χ1v) is 6.71. The summed E-state index contributed by atoms with van der Waals surface area (Å²) in [7, 11) is 0. The highest BCUT2D eigenvalue weighted by Crippen LogP contribution is 2.31. The van der Waals surface area contributed by atoms with Gasteiger partial charge in [0.15, 0.2) is 0 Å². The van der Waals surface area contributed by atoms with Gasteiger partial charge in [-0.25, -0.2) is 0 Å². The smallest absolute Gasteiger partial charge is 0.0855 e. The first-order chi connectivity index (χ1) is 9.45. The lowest BCUT2D eigenvalue weighted by molar-refractivity contribution is 0.0783. The molecule has 0 radical (unpaired) electrons. The van der Waals surface area contributed by atoms with Crippen molar-refractivity contribution >= 4 is 10.9 Å². The Morgan fingerprint density at radius 1 is 1.15 bits per heavy atom. The summed E-state index contributed by atoms with van der Waals surface area (Å²) in [6.07, 6.45) is 5.54. The Morgan fingerprint density at radius 3 is 2.70 bits per heavy atom. The van der Waals surface area contributed by atoms with E-state index in [-0.39, 0.29) is 0 Å². The highest BCUT2D eigenvalue weighted by atomic mass is 16.3. The van der Waals surface area contributed by atoms with E-state index in [1.807, 2.05) is 18.5 Å². The van der Waals surface area contributed by atoms with Crippen LogP contribution in [0.2, 0.25) is 0 Å². The van der Waals surface area contributed by atoms with Gasteiger partial charge in [0.25, 0.3) is 0 Å². The third-order valence-electron chi connectivity index (χ3n) is 3.59. The molecule has 3 rings (SSSR count). The molecule has 2 heterocycles. The van der Waals surface area contributed by atoms with Crippen LogP contribution in [0.15, 0.2) is 42.9 Å². The van der Waals surface area contributed by atoms with Crippen molar-refractivity contribution in [2.75, 3.05) is 0 Å². The molecule has 2 N–H and O–H groups in total. The molecule has 102 valence electrons. The summed E-state index contributed by atoms with van der Waals surface area (Å²) >= 11 is 0. The van der Waals surface area contributed by atoms with Gasteiger partial charge in [-0.1, -0.05) is 11.6 Å². The second-order valence-corrected chi connectivity index (χ2v) is 5.77. The van der Waals surface area contributed by atoms with E-state index < -0.39 is 5.60 Å². The van der Waals surface area contributed by atoms with Gasteiger partial charge in [-0.3, -0.25) is 4.98 Å². The number of aryl methyl sites for hydroxylation is 1. The topological polar surface area (TPSA) is 48.9 Å². The molecule has 0 unspecified atom stereocenters. The van der Waals surface area contributed by atoms with E-state index in [0.29, 0.717) is 0 Å². The van der Waals surface area contributed by atoms with E-state index in [1.165, 1.54) is 10.9 Å². The van der Waals surface area contributed by atoms with Gasteiger partial charge in [0, 0.05) is 46.2 Å². The van der Waals surface area contributed by atoms with Crippen molar-refractivity contribution in [1.82, 2.24) is 9.97 Å². The number of hydrogen-bond donors (Lipinski definition) is 2. The number of aromatic nitrogens is 2. The van der Waals surface area contributed by atoms with Crippen LogP contribution in [0.25, 0.3) is 22.0 Å². The Kier molecular flexibility index (Phi) is 2.87. The summed E-state index contributed by atoms with van der Waals surface area (Å²) < 4.78 is 0. The van der Waals surface area contributed by atoms with Crippen LogP contribution in [0.1, 0.15) is 25.0 Å². The molecular weight excluding hydrogens is 248 g/mol. The zero-order valence-electron chi connectivity index (χ0n) is 11.9. The molecule has 0 saturated heterocycles. The fourth-order valence-electron chi connectivity index (χ4n) is 2.40. The van der Waals surface area contributed by atoms with Crippen molar-refractivity contribution in [1.29, 1.82) is 0 Å². The van der Waals surface area contributed by atoms with Gasteiger partial charge in [-0.05, 0) is 39.0 Å². The van der Waals surface area contributed by atoms with Crippen LogP contribution in [0, 0.1) is 6.92 Å². The lowest BCUT2D eigenvalue weighted by Gasteiger charge is -2.17. The Balaban J connectivity index is 2.18. The maximum absolute atomic E-state index is 10.1. The number of aromatic amines is 1. The zero-order chi connectivity index (χ0) is 14.3. The van der Waals surface area contributed by atoms with E-state index in [9.17, 15) is 5.11 Å². The average Bonchev–Trinajstić information content (AvgIpc) is 2.81. The van der Waals surface area contributed by atoms with Crippen LogP contribution >= 0.6 is 0 Å². The minimum Gasteiger partial charge on any atom is -0.386 e. The van der Waals surface area contributed by atoms with Crippen LogP contribution in [0.3, 0.4) is 0 Å². The van der Waals surface area contributed by atoms with E-state index >= 15 is 0 Å². The van der Waals surface area contributed by atoms with Gasteiger partial charge in [0.05, 0.1) is 5.60 Å². The van der Waals surface area contributed by atoms with Crippen molar-refractivity contribution in [3.63, 3.8) is 0 Å². The maximum Gasteiger partial charge on any atom is 0.0855 e. The number of nitrogens with one attached hydrogen (secondary N) is 1. The van der Waals surface area contributed by atoms with Crippen LogP contribution in [-0.4, -0.2) is 15.1 Å². The van der Waals surface area contributed by atoms with E-state index in [2.05, 4.69) is 35.1 Å². The zero-order valence-corrected chi connectivity index (χ0v) is 11.9. The lowest BCUT2D eigenvalue weighted by Crippen LogP contribution is -2.15. The molecular formula is C17H18N2O. The number of pyridine rings is 1. The van der Waals surface area contributed by atoms with Crippen molar-refractivity contribution in [2.24, 2.45) is 0 Å². The number of rotatable bonds is 2. The fourth-order valence-corrected chi connectivity index (χ4v) is 2.40. The predicted octanol–water partition coefficient (Wildman–Crippen LogP) is 3.77. The van der Waals surface area contributed by atoms with Gasteiger partial charge >= 0.3 is 0 Å². The summed E-state index contributed by atoms with van der Waals surface area (Å²) in [5.41, 5.74) is 4.40. The molecule has 3 heteroatoms. The summed E-state index contributed by atoms with van der Waals surface area (Å²) in [6, 6.07) is 8.34. The van der Waals surface area contributed by atoms with Crippen LogP contribution in [0.4, 0.5) is 0 Å². The van der Waals surface area contributed by atoms with E-state index in [4.69, 9.17) is 0 Å². The number of benzene rings is 1. The Labute approximate surface area is 118 Å². The van der Waals surface area contributed by atoms with Gasteiger partial charge in [0.2, 0.25) is 0 Å². The number of fused-ring (bicyclic) bond motifs is 1. The molecule has 20 heavy (non-hydrogen) atoms. The third-order valence-corrected chi connectivity index (χ3v) is 3.59. The summed E-state index contributed by atoms with van der Waals surface area (Å²) in [6.45, 7) is 5.63. The Morgan fingerprint density at radius 2 is 1.95 bits per heavy atom. The van der Waals surface area contributed by atoms with Crippen molar-refractivity contribution in [3.8, 4) is 11.1 Å². The van der Waals surface area contributed by atoms with E-state index in [0.717, 1.165) is 22.2 Å². The number of H-pyrrole nitrogens is 1. The summed E-state index contributed by atoms with van der Waals surface area (Å²) in [5, 5.41) is 11.3. The predicted molar refractivity (Wildman–Crippen MR) is 81.5 cm³/mol. The highest BCUT2D eigenvalue weighted by Gasteiger charge is 2.17. The summed E-state index contributed by atoms with van der Waals surface area (Å²) in [5.74, 6) is 0. The molecule has 0 aliphatic heterocycles. The van der Waals surface area contributed by atoms with Crippen LogP contribution in [-0.2, 0) is 5.60 Å². The van der Waals surface area contributed by atoms with Gasteiger partial charge in [-0.15, -0.1) is 0 Å². The van der Waals surface area contributed by atoms with Gasteiger partial charge in [0.1, 0.15) is 0 Å². The van der Waals surface area contributed by atoms with Crippen molar-refractivity contribution in [2.45, 2.75) is 26.4 Å². The minimum absolute atomic E-state index is 0.817. The summed E-state index contributed by atoms with van der Waals surface area (Å²) in [4.78, 5) is 7.54. The van der Waals surface area contributed by atoms with Crippen LogP contribution < -0.4 is 0 Å². The highest BCUT2D eigenvalue weighted by molar-refractivity contribution is 5.95. The quantitative estimate of drug-likeness (QED) is 0.742. The fraction of sp³-hybridized carbons (Fsp3) is 0.235. The number of aliphatic hydroxyl groups is 1. The Bertz CT molecular complexity index is 766. The monoisotopic (exact) mass is 266 g/mol. The molecule has 3 nitrogen and oxygen atoms in total. The SMILES string of the molecule is Cc1ccc2[nH]cc(-c3cncc(C(C)(C)O)c3)c2c1.